The van der Waals surface area contributed by atoms with Gasteiger partial charge in [-0.3, -0.25) is 4.57 Å². The maximum Gasteiger partial charge on any atom is 0.363 e. The average molecular weight is 405 g/mol. The predicted molar refractivity (Wildman–Crippen MR) is 73.1 cm³/mol. The van der Waals surface area contributed by atoms with Crippen LogP contribution >= 0.6 is 77.2 Å². The summed E-state index contributed by atoms with van der Waals surface area (Å²) >= 11 is 32.8. The molecule has 0 fully saturated rings. The van der Waals surface area contributed by atoms with E-state index >= 15 is 0 Å². The van der Waals surface area contributed by atoms with Gasteiger partial charge in [0.25, 0.3) is 0 Å². The van der Waals surface area contributed by atoms with Gasteiger partial charge in [0.15, 0.2) is 0 Å². The number of rotatable bonds is 5. The normalized spacial score (nSPS) is 17.6. The molecule has 5 nitrogen and oxygen atoms in total. The molecule has 0 spiro atoms. The van der Waals surface area contributed by atoms with Gasteiger partial charge in [0, 0.05) is 14.2 Å². The summed E-state index contributed by atoms with van der Waals surface area (Å²) in [6.45, 7) is 0. The first-order valence-corrected chi connectivity index (χ1v) is 7.94. The molecule has 0 aliphatic carbocycles. The van der Waals surface area contributed by atoms with Crippen LogP contribution in [0.4, 0.5) is 0 Å². The third-order valence-corrected chi connectivity index (χ3v) is 5.33. The highest BCUT2D eigenvalue weighted by Crippen LogP contribution is 2.60. The molecular weight excluding hydrogens is 396 g/mol. The molecule has 0 saturated carbocycles. The summed E-state index contributed by atoms with van der Waals surface area (Å²) in [5.74, 6) is -1.80. The fourth-order valence-electron chi connectivity index (χ4n) is 0.796. The highest BCUT2D eigenvalue weighted by atomic mass is 35.6. The Morgan fingerprint density at radius 3 is 1.61 bits per heavy atom. The van der Waals surface area contributed by atoms with Gasteiger partial charge in [0.2, 0.25) is 19.7 Å². The van der Waals surface area contributed by atoms with Crippen molar-refractivity contribution < 1.29 is 23.5 Å². The predicted octanol–water partition coefficient (Wildman–Crippen LogP) is 3.87. The van der Waals surface area contributed by atoms with E-state index in [0.717, 1.165) is 14.2 Å². The van der Waals surface area contributed by atoms with Crippen molar-refractivity contribution >= 4 is 77.2 Å². The van der Waals surface area contributed by atoms with Crippen LogP contribution in [0, 0.1) is 0 Å². The van der Waals surface area contributed by atoms with Crippen LogP contribution in [-0.4, -0.2) is 39.0 Å². The lowest BCUT2D eigenvalue weighted by molar-refractivity contribution is -0.114. The number of aliphatic hydroxyl groups excluding tert-OH is 1. The Hall–Kier alpha value is 1.81. The monoisotopic (exact) mass is 402 g/mol. The largest absolute Gasteiger partial charge is 0.365 e. The quantitative estimate of drug-likeness (QED) is 0.428. The Morgan fingerprint density at radius 2 is 1.39 bits per heavy atom. The smallest absolute Gasteiger partial charge is 0.363 e. The lowest BCUT2D eigenvalue weighted by Gasteiger charge is -2.32. The summed E-state index contributed by atoms with van der Waals surface area (Å²) in [7, 11) is -1.91. The molecule has 110 valence electrons. The van der Waals surface area contributed by atoms with Crippen LogP contribution in [0.3, 0.4) is 0 Å². The minimum absolute atomic E-state index is 1.04. The molecule has 0 amide bonds. The molecule has 12 heteroatoms. The van der Waals surface area contributed by atoms with Gasteiger partial charge in [0.1, 0.15) is 0 Å². The van der Waals surface area contributed by atoms with E-state index < -0.39 is 27.3 Å². The minimum atomic E-state index is -3.99. The second-order valence-corrected chi connectivity index (χ2v) is 9.85. The van der Waals surface area contributed by atoms with Crippen molar-refractivity contribution in [3.63, 3.8) is 0 Å². The van der Waals surface area contributed by atoms with Gasteiger partial charge >= 0.3 is 7.60 Å². The van der Waals surface area contributed by atoms with Gasteiger partial charge in [-0.25, -0.2) is 0 Å². The summed E-state index contributed by atoms with van der Waals surface area (Å²) < 4.78 is 21.6. The van der Waals surface area contributed by atoms with E-state index in [1.165, 1.54) is 0 Å². The van der Waals surface area contributed by atoms with Crippen molar-refractivity contribution in [3.05, 3.63) is 0 Å². The number of ether oxygens (including phenoxy) is 1. The van der Waals surface area contributed by atoms with E-state index in [-0.39, 0.29) is 0 Å². The van der Waals surface area contributed by atoms with Crippen LogP contribution in [0.5, 0.6) is 0 Å². The first-order chi connectivity index (χ1) is 7.88. The van der Waals surface area contributed by atoms with E-state index in [4.69, 9.17) is 74.3 Å². The number of alkyl halides is 6. The topological polar surface area (TPSA) is 65.0 Å². The minimum Gasteiger partial charge on any atom is -0.365 e. The molecule has 0 aliphatic rings. The van der Waals surface area contributed by atoms with Crippen molar-refractivity contribution in [1.29, 1.82) is 0 Å². The zero-order valence-corrected chi connectivity index (χ0v) is 14.4. The molecule has 0 aliphatic heterocycles. The Labute approximate surface area is 134 Å². The maximum absolute atomic E-state index is 12.1. The van der Waals surface area contributed by atoms with E-state index in [2.05, 4.69) is 9.05 Å². The Bertz CT molecular complexity index is 307. The molecule has 0 rings (SSSR count). The SMILES string of the molecule is COP(=O)(OC)[C@@H](O[C@H](O)C(Cl)(Cl)Cl)C(Cl)(Cl)Cl. The number of aliphatic hydroxyl groups is 1. The van der Waals surface area contributed by atoms with Crippen LogP contribution in [0.15, 0.2) is 0 Å². The van der Waals surface area contributed by atoms with E-state index in [1.54, 1.807) is 0 Å². The Balaban J connectivity index is 5.24. The van der Waals surface area contributed by atoms with Gasteiger partial charge in [0.05, 0.1) is 0 Å². The standard InChI is InChI=1S/C6H9Cl6O5P/c1-15-18(14,16-2)4(6(10,11)12)17-3(13)5(7,8)9/h3-4,13H,1-2H3/t3-,4+/m0/s1. The second-order valence-electron chi connectivity index (χ2n) is 2.83. The van der Waals surface area contributed by atoms with Crippen molar-refractivity contribution in [2.75, 3.05) is 14.2 Å². The zero-order chi connectivity index (χ0) is 14.8. The summed E-state index contributed by atoms with van der Waals surface area (Å²) in [4.78, 5) is 0. The molecule has 2 atom stereocenters. The molecule has 0 aromatic rings. The Kier molecular flexibility index (Phi) is 7.91. The summed E-state index contributed by atoms with van der Waals surface area (Å²) in [6, 6.07) is 0. The molecule has 0 radical (unpaired) electrons. The van der Waals surface area contributed by atoms with Crippen LogP contribution in [0.1, 0.15) is 0 Å². The fraction of sp³-hybridized carbons (Fsp3) is 1.00. The van der Waals surface area contributed by atoms with E-state index in [9.17, 15) is 9.67 Å². The van der Waals surface area contributed by atoms with Gasteiger partial charge in [-0.15, -0.1) is 0 Å². The average Bonchev–Trinajstić information content (AvgIpc) is 2.21. The van der Waals surface area contributed by atoms with Crippen LogP contribution in [0.25, 0.3) is 0 Å². The zero-order valence-electron chi connectivity index (χ0n) is 8.95. The van der Waals surface area contributed by atoms with Gasteiger partial charge in [-0.05, 0) is 0 Å². The van der Waals surface area contributed by atoms with E-state index in [1.807, 2.05) is 0 Å². The second kappa shape index (κ2) is 7.19. The highest BCUT2D eigenvalue weighted by molar-refractivity contribution is 7.55. The third kappa shape index (κ3) is 5.66. The summed E-state index contributed by atoms with van der Waals surface area (Å²) in [5.41, 5.74) is 0. The van der Waals surface area contributed by atoms with Crippen molar-refractivity contribution in [3.8, 4) is 0 Å². The molecule has 0 aromatic carbocycles. The van der Waals surface area contributed by atoms with Crippen LogP contribution in [-0.2, 0) is 18.3 Å². The molecule has 0 saturated heterocycles. The number of hydrogen-bond donors (Lipinski definition) is 1. The highest BCUT2D eigenvalue weighted by Gasteiger charge is 2.52. The number of halogens is 6. The summed E-state index contributed by atoms with van der Waals surface area (Å²) in [6.07, 6.45) is -2.01. The first kappa shape index (κ1) is 19.8. The fourth-order valence-corrected chi connectivity index (χ4v) is 3.34. The lowest BCUT2D eigenvalue weighted by Crippen LogP contribution is -2.39. The molecule has 0 aromatic heterocycles. The number of hydrogen-bond acceptors (Lipinski definition) is 5. The summed E-state index contributed by atoms with van der Waals surface area (Å²) in [5, 5.41) is 9.45. The van der Waals surface area contributed by atoms with Gasteiger partial charge < -0.3 is 18.9 Å². The Morgan fingerprint density at radius 1 is 1.00 bits per heavy atom. The van der Waals surface area contributed by atoms with Crippen molar-refractivity contribution in [2.45, 2.75) is 19.7 Å². The molecule has 0 bridgehead atoms. The third-order valence-electron chi connectivity index (χ3n) is 1.61. The van der Waals surface area contributed by atoms with Crippen molar-refractivity contribution in [2.24, 2.45) is 0 Å². The van der Waals surface area contributed by atoms with Gasteiger partial charge in [-0.1, -0.05) is 69.6 Å². The van der Waals surface area contributed by atoms with Crippen LogP contribution < -0.4 is 0 Å². The van der Waals surface area contributed by atoms with Crippen LogP contribution in [0.2, 0.25) is 0 Å². The lowest BCUT2D eigenvalue weighted by atomic mass is 10.7. The van der Waals surface area contributed by atoms with E-state index in [0.29, 0.717) is 0 Å². The molecule has 0 unspecified atom stereocenters. The molecule has 1 N–H and O–H groups in total. The molecular formula is C6H9Cl6O5P. The first-order valence-electron chi connectivity index (χ1n) is 4.06. The van der Waals surface area contributed by atoms with Gasteiger partial charge in [-0.2, -0.15) is 0 Å². The molecule has 0 heterocycles. The molecule has 18 heavy (non-hydrogen) atoms. The maximum atomic E-state index is 12.1. The van der Waals surface area contributed by atoms with Crippen molar-refractivity contribution in [1.82, 2.24) is 0 Å².